The van der Waals surface area contributed by atoms with Gasteiger partial charge in [0, 0.05) is 4.88 Å². The fourth-order valence-electron chi connectivity index (χ4n) is 2.18. The molecule has 0 atom stereocenters. The predicted molar refractivity (Wildman–Crippen MR) is 70.1 cm³/mol. The lowest BCUT2D eigenvalue weighted by Crippen LogP contribution is -2.59. The third-order valence-electron chi connectivity index (χ3n) is 3.53. The number of rotatable bonds is 4. The molecule has 2 rings (SSSR count). The molecule has 1 fully saturated rings. The van der Waals surface area contributed by atoms with Gasteiger partial charge >= 0.3 is 5.97 Å². The van der Waals surface area contributed by atoms with Crippen LogP contribution in [0.1, 0.15) is 46.3 Å². The van der Waals surface area contributed by atoms with Gasteiger partial charge in [-0.15, -0.1) is 11.3 Å². The molecule has 5 heteroatoms. The molecule has 1 aliphatic rings. The maximum atomic E-state index is 12.1. The van der Waals surface area contributed by atoms with Crippen LogP contribution < -0.4 is 5.32 Å². The van der Waals surface area contributed by atoms with E-state index in [-0.39, 0.29) is 5.91 Å². The Morgan fingerprint density at radius 3 is 2.56 bits per heavy atom. The van der Waals surface area contributed by atoms with Crippen LogP contribution in [0.5, 0.6) is 0 Å². The van der Waals surface area contributed by atoms with Crippen molar-refractivity contribution in [3.63, 3.8) is 0 Å². The van der Waals surface area contributed by atoms with Crippen LogP contribution in [0.2, 0.25) is 0 Å². The maximum Gasteiger partial charge on any atom is 0.329 e. The molecule has 0 radical (unpaired) electrons. The van der Waals surface area contributed by atoms with Gasteiger partial charge in [0.25, 0.3) is 5.91 Å². The molecular weight excluding hydrogens is 250 g/mol. The maximum absolute atomic E-state index is 12.1. The third kappa shape index (κ3) is 2.14. The van der Waals surface area contributed by atoms with E-state index in [2.05, 4.69) is 5.32 Å². The Kier molecular flexibility index (Phi) is 3.43. The molecule has 0 aromatic carbocycles. The number of hydrogen-bond acceptors (Lipinski definition) is 3. The smallest absolute Gasteiger partial charge is 0.329 e. The van der Waals surface area contributed by atoms with Crippen molar-refractivity contribution in [3.8, 4) is 0 Å². The largest absolute Gasteiger partial charge is 0.480 e. The van der Waals surface area contributed by atoms with Crippen LogP contribution in [0, 0.1) is 6.92 Å². The quantitative estimate of drug-likeness (QED) is 0.880. The van der Waals surface area contributed by atoms with E-state index < -0.39 is 11.5 Å². The number of carbonyl (C=O) groups excluding carboxylic acids is 1. The number of carboxylic acid groups (broad SMARTS) is 1. The van der Waals surface area contributed by atoms with Crippen LogP contribution in [-0.2, 0) is 11.2 Å². The van der Waals surface area contributed by atoms with Crippen molar-refractivity contribution in [1.29, 1.82) is 0 Å². The first kappa shape index (κ1) is 13.1. The summed E-state index contributed by atoms with van der Waals surface area (Å²) in [6.07, 6.45) is 2.81. The number of hydrogen-bond donors (Lipinski definition) is 2. The molecule has 1 amide bonds. The average Bonchev–Trinajstić information content (AvgIpc) is 2.64. The SMILES string of the molecule is CCc1sc(C(=O)NC2(C(=O)O)CCC2)cc1C. The number of aryl methyl sites for hydroxylation is 2. The fourth-order valence-corrected chi connectivity index (χ4v) is 3.19. The van der Waals surface area contributed by atoms with E-state index >= 15 is 0 Å². The molecular formula is C13H17NO3S. The zero-order valence-corrected chi connectivity index (χ0v) is 11.4. The van der Waals surface area contributed by atoms with Gasteiger partial charge in [-0.1, -0.05) is 6.92 Å². The van der Waals surface area contributed by atoms with Crippen molar-refractivity contribution in [2.24, 2.45) is 0 Å². The number of carboxylic acids is 1. The van der Waals surface area contributed by atoms with Gasteiger partial charge in [-0.25, -0.2) is 4.79 Å². The van der Waals surface area contributed by atoms with Gasteiger partial charge in [0.2, 0.25) is 0 Å². The van der Waals surface area contributed by atoms with E-state index in [0.29, 0.717) is 17.7 Å². The fraction of sp³-hybridized carbons (Fsp3) is 0.538. The first-order valence-electron chi connectivity index (χ1n) is 6.14. The van der Waals surface area contributed by atoms with E-state index in [1.165, 1.54) is 16.2 Å². The lowest BCUT2D eigenvalue weighted by Gasteiger charge is -2.38. The van der Waals surface area contributed by atoms with Crippen molar-refractivity contribution >= 4 is 23.2 Å². The lowest BCUT2D eigenvalue weighted by atomic mass is 9.77. The predicted octanol–water partition coefficient (Wildman–Crippen LogP) is 2.36. The van der Waals surface area contributed by atoms with Gasteiger partial charge < -0.3 is 10.4 Å². The van der Waals surface area contributed by atoms with Crippen LogP contribution >= 0.6 is 11.3 Å². The monoisotopic (exact) mass is 267 g/mol. The van der Waals surface area contributed by atoms with E-state index in [9.17, 15) is 14.7 Å². The highest BCUT2D eigenvalue weighted by molar-refractivity contribution is 7.14. The summed E-state index contributed by atoms with van der Waals surface area (Å²) in [6, 6.07) is 1.84. The molecule has 1 aromatic heterocycles. The van der Waals surface area contributed by atoms with Crippen LogP contribution in [0.15, 0.2) is 6.07 Å². The van der Waals surface area contributed by atoms with Gasteiger partial charge in [-0.05, 0) is 44.2 Å². The average molecular weight is 267 g/mol. The Labute approximate surface area is 110 Å². The Morgan fingerprint density at radius 1 is 1.50 bits per heavy atom. The van der Waals surface area contributed by atoms with Gasteiger partial charge in [0.15, 0.2) is 0 Å². The molecule has 1 aliphatic carbocycles. The number of carbonyl (C=O) groups is 2. The highest BCUT2D eigenvalue weighted by Crippen LogP contribution is 2.33. The molecule has 1 heterocycles. The minimum absolute atomic E-state index is 0.259. The first-order chi connectivity index (χ1) is 8.48. The van der Waals surface area contributed by atoms with Crippen molar-refractivity contribution in [2.45, 2.75) is 45.1 Å². The summed E-state index contributed by atoms with van der Waals surface area (Å²) >= 11 is 1.45. The Balaban J connectivity index is 2.14. The highest BCUT2D eigenvalue weighted by Gasteiger charge is 2.45. The van der Waals surface area contributed by atoms with Gasteiger partial charge in [0.05, 0.1) is 4.88 Å². The summed E-state index contributed by atoms with van der Waals surface area (Å²) in [6.45, 7) is 4.02. The number of aliphatic carboxylic acids is 1. The van der Waals surface area contributed by atoms with E-state index in [0.717, 1.165) is 18.4 Å². The summed E-state index contributed by atoms with van der Waals surface area (Å²) in [5, 5.41) is 11.9. The van der Waals surface area contributed by atoms with Crippen molar-refractivity contribution < 1.29 is 14.7 Å². The molecule has 98 valence electrons. The van der Waals surface area contributed by atoms with Crippen LogP contribution in [0.4, 0.5) is 0 Å². The Hall–Kier alpha value is -1.36. The van der Waals surface area contributed by atoms with Gasteiger partial charge in [-0.3, -0.25) is 4.79 Å². The summed E-state index contributed by atoms with van der Waals surface area (Å²) in [5.41, 5.74) is 0.0760. The standard InChI is InChI=1S/C13H17NO3S/c1-3-9-8(2)7-10(18-9)11(15)14-13(12(16)17)5-4-6-13/h7H,3-6H2,1-2H3,(H,14,15)(H,16,17). The molecule has 1 saturated carbocycles. The number of nitrogens with one attached hydrogen (secondary N) is 1. The molecule has 0 bridgehead atoms. The number of thiophene rings is 1. The molecule has 1 aromatic rings. The summed E-state index contributed by atoms with van der Waals surface area (Å²) < 4.78 is 0. The third-order valence-corrected chi connectivity index (χ3v) is 4.91. The topological polar surface area (TPSA) is 66.4 Å². The van der Waals surface area contributed by atoms with E-state index in [1.54, 1.807) is 0 Å². The molecule has 0 spiro atoms. The minimum Gasteiger partial charge on any atom is -0.480 e. The zero-order chi connectivity index (χ0) is 13.3. The van der Waals surface area contributed by atoms with E-state index in [4.69, 9.17) is 0 Å². The van der Waals surface area contributed by atoms with Crippen LogP contribution in [0.25, 0.3) is 0 Å². The molecule has 0 unspecified atom stereocenters. The molecule has 18 heavy (non-hydrogen) atoms. The van der Waals surface area contributed by atoms with Crippen molar-refractivity contribution in [3.05, 3.63) is 21.4 Å². The van der Waals surface area contributed by atoms with Gasteiger partial charge in [-0.2, -0.15) is 0 Å². The van der Waals surface area contributed by atoms with E-state index in [1.807, 2.05) is 19.9 Å². The van der Waals surface area contributed by atoms with Crippen LogP contribution in [-0.4, -0.2) is 22.5 Å². The Bertz CT molecular complexity index is 488. The second-order valence-electron chi connectivity index (χ2n) is 4.77. The van der Waals surface area contributed by atoms with Crippen molar-refractivity contribution in [2.75, 3.05) is 0 Å². The lowest BCUT2D eigenvalue weighted by molar-refractivity contribution is -0.148. The molecule has 2 N–H and O–H groups in total. The van der Waals surface area contributed by atoms with Crippen LogP contribution in [0.3, 0.4) is 0 Å². The minimum atomic E-state index is -1.03. The molecule has 0 aliphatic heterocycles. The molecule has 4 nitrogen and oxygen atoms in total. The number of amides is 1. The second kappa shape index (κ2) is 4.72. The Morgan fingerprint density at radius 2 is 2.17 bits per heavy atom. The summed E-state index contributed by atoms with van der Waals surface area (Å²) in [4.78, 5) is 25.0. The first-order valence-corrected chi connectivity index (χ1v) is 6.95. The van der Waals surface area contributed by atoms with Gasteiger partial charge in [0.1, 0.15) is 5.54 Å². The molecule has 0 saturated heterocycles. The summed E-state index contributed by atoms with van der Waals surface area (Å²) in [7, 11) is 0. The zero-order valence-electron chi connectivity index (χ0n) is 10.6. The second-order valence-corrected chi connectivity index (χ2v) is 5.90. The highest BCUT2D eigenvalue weighted by atomic mass is 32.1. The van der Waals surface area contributed by atoms with Crippen molar-refractivity contribution in [1.82, 2.24) is 5.32 Å². The summed E-state index contributed by atoms with van der Waals surface area (Å²) in [5.74, 6) is -1.18. The normalized spacial score (nSPS) is 17.0.